The molecule has 1 aliphatic rings. The highest BCUT2D eigenvalue weighted by molar-refractivity contribution is 5.98. The molecule has 1 amide bonds. The van der Waals surface area contributed by atoms with Crippen LogP contribution < -0.4 is 4.74 Å². The number of aromatic nitrogens is 4. The lowest BCUT2D eigenvalue weighted by Crippen LogP contribution is -2.44. The number of benzene rings is 1. The highest BCUT2D eigenvalue weighted by Gasteiger charge is 2.31. The van der Waals surface area contributed by atoms with Crippen molar-refractivity contribution in [2.24, 2.45) is 0 Å². The number of alkyl halides is 3. The molecule has 1 aliphatic heterocycles. The number of aryl methyl sites for hydroxylation is 1. The van der Waals surface area contributed by atoms with Gasteiger partial charge in [0.1, 0.15) is 6.10 Å². The number of piperidine rings is 1. The van der Waals surface area contributed by atoms with E-state index in [1.807, 2.05) is 19.1 Å². The number of halogens is 3. The Hall–Kier alpha value is -3.43. The molecule has 0 saturated carbocycles. The number of carbonyl (C=O) groups is 1. The van der Waals surface area contributed by atoms with Crippen molar-refractivity contribution in [3.05, 3.63) is 65.6 Å². The van der Waals surface area contributed by atoms with Gasteiger partial charge in [0.2, 0.25) is 5.88 Å². The van der Waals surface area contributed by atoms with Crippen LogP contribution in [0, 0.1) is 6.92 Å². The minimum absolute atomic E-state index is 0.101. The van der Waals surface area contributed by atoms with Gasteiger partial charge in [-0.3, -0.25) is 4.79 Å². The molecule has 3 aromatic rings. The SMILES string of the molecule is Cc1ccc(C(=O)N2CCC[C@@H](Oc3ccc(C(F)(F)F)cn3)C2)c(-n2nccn2)c1. The maximum atomic E-state index is 13.2. The zero-order valence-electron chi connectivity index (χ0n) is 16.7. The van der Waals surface area contributed by atoms with Crippen LogP contribution in [0.25, 0.3) is 5.69 Å². The summed E-state index contributed by atoms with van der Waals surface area (Å²) in [5, 5.41) is 8.27. The van der Waals surface area contributed by atoms with E-state index in [9.17, 15) is 18.0 Å². The van der Waals surface area contributed by atoms with Crippen LogP contribution in [0.5, 0.6) is 5.88 Å². The first kappa shape index (κ1) is 20.8. The first-order chi connectivity index (χ1) is 14.8. The lowest BCUT2D eigenvalue weighted by atomic mass is 10.0. The van der Waals surface area contributed by atoms with Crippen molar-refractivity contribution in [2.45, 2.75) is 32.0 Å². The maximum absolute atomic E-state index is 13.2. The highest BCUT2D eigenvalue weighted by atomic mass is 19.4. The molecule has 2 aromatic heterocycles. The third-order valence-electron chi connectivity index (χ3n) is 5.03. The van der Waals surface area contributed by atoms with E-state index in [4.69, 9.17) is 4.74 Å². The van der Waals surface area contributed by atoms with Gasteiger partial charge in [0.15, 0.2) is 0 Å². The van der Waals surface area contributed by atoms with Gasteiger partial charge in [0, 0.05) is 18.8 Å². The van der Waals surface area contributed by atoms with Gasteiger partial charge < -0.3 is 9.64 Å². The molecule has 0 aliphatic carbocycles. The minimum Gasteiger partial charge on any atom is -0.472 e. The van der Waals surface area contributed by atoms with E-state index in [0.29, 0.717) is 37.2 Å². The average molecular weight is 431 g/mol. The monoisotopic (exact) mass is 431 g/mol. The number of pyridine rings is 1. The van der Waals surface area contributed by atoms with Gasteiger partial charge in [-0.05, 0) is 43.5 Å². The summed E-state index contributed by atoms with van der Waals surface area (Å²) in [6, 6.07) is 7.58. The van der Waals surface area contributed by atoms with E-state index in [1.165, 1.54) is 10.9 Å². The number of hydrogen-bond donors (Lipinski definition) is 0. The molecular weight excluding hydrogens is 411 g/mol. The molecule has 0 N–H and O–H groups in total. The Bertz CT molecular complexity index is 1050. The Morgan fingerprint density at radius 2 is 1.94 bits per heavy atom. The molecule has 0 radical (unpaired) electrons. The molecule has 3 heterocycles. The molecule has 1 saturated heterocycles. The maximum Gasteiger partial charge on any atom is 0.417 e. The Morgan fingerprint density at radius 1 is 1.16 bits per heavy atom. The summed E-state index contributed by atoms with van der Waals surface area (Å²) in [7, 11) is 0. The highest BCUT2D eigenvalue weighted by Crippen LogP contribution is 2.29. The smallest absolute Gasteiger partial charge is 0.417 e. The fraction of sp³-hybridized carbons (Fsp3) is 0.333. The van der Waals surface area contributed by atoms with Crippen LogP contribution in [0.15, 0.2) is 48.9 Å². The van der Waals surface area contributed by atoms with Crippen LogP contribution in [0.2, 0.25) is 0 Å². The number of amides is 1. The molecule has 10 heteroatoms. The number of ether oxygens (including phenoxy) is 1. The van der Waals surface area contributed by atoms with Crippen molar-refractivity contribution in [3.63, 3.8) is 0 Å². The quantitative estimate of drug-likeness (QED) is 0.630. The summed E-state index contributed by atoms with van der Waals surface area (Å²) in [5.41, 5.74) is 1.19. The normalized spacial score (nSPS) is 16.9. The van der Waals surface area contributed by atoms with Crippen LogP contribution in [0.3, 0.4) is 0 Å². The second kappa shape index (κ2) is 8.37. The summed E-state index contributed by atoms with van der Waals surface area (Å²) < 4.78 is 43.9. The fourth-order valence-corrected chi connectivity index (χ4v) is 3.51. The van der Waals surface area contributed by atoms with Crippen LogP contribution >= 0.6 is 0 Å². The summed E-state index contributed by atoms with van der Waals surface area (Å²) in [6.45, 7) is 2.78. The molecule has 7 nitrogen and oxygen atoms in total. The third kappa shape index (κ3) is 4.68. The Kier molecular flexibility index (Phi) is 5.62. The Morgan fingerprint density at radius 3 is 2.61 bits per heavy atom. The van der Waals surface area contributed by atoms with Gasteiger partial charge in [-0.2, -0.15) is 28.2 Å². The Balaban J connectivity index is 1.49. The van der Waals surface area contributed by atoms with E-state index >= 15 is 0 Å². The zero-order valence-corrected chi connectivity index (χ0v) is 16.7. The van der Waals surface area contributed by atoms with Gasteiger partial charge in [-0.1, -0.05) is 6.07 Å². The summed E-state index contributed by atoms with van der Waals surface area (Å²) in [5.74, 6) is -0.0787. The molecule has 1 aromatic carbocycles. The van der Waals surface area contributed by atoms with E-state index in [1.54, 1.807) is 23.4 Å². The van der Waals surface area contributed by atoms with Gasteiger partial charge in [0.25, 0.3) is 5.91 Å². The van der Waals surface area contributed by atoms with E-state index in [0.717, 1.165) is 17.8 Å². The second-order valence-electron chi connectivity index (χ2n) is 7.36. The number of nitrogens with zero attached hydrogens (tertiary/aromatic N) is 5. The predicted octanol–water partition coefficient (Wildman–Crippen LogP) is 3.67. The average Bonchev–Trinajstić information content (AvgIpc) is 3.28. The van der Waals surface area contributed by atoms with Crippen molar-refractivity contribution < 1.29 is 22.7 Å². The lowest BCUT2D eigenvalue weighted by molar-refractivity contribution is -0.137. The topological polar surface area (TPSA) is 73.1 Å². The number of carbonyl (C=O) groups excluding carboxylic acids is 1. The van der Waals surface area contributed by atoms with Crippen molar-refractivity contribution in [1.82, 2.24) is 24.9 Å². The molecule has 162 valence electrons. The first-order valence-electron chi connectivity index (χ1n) is 9.78. The standard InChI is InChI=1S/C21H20F3N5O2/c1-14-4-6-17(18(11-14)29-26-8-9-27-29)20(30)28-10-2-3-16(13-28)31-19-7-5-15(12-25-19)21(22,23)24/h4-9,11-12,16H,2-3,10,13H2,1H3/t16-/m1/s1. The molecule has 4 rings (SSSR count). The van der Waals surface area contributed by atoms with Crippen LogP contribution in [0.1, 0.15) is 34.3 Å². The van der Waals surface area contributed by atoms with Gasteiger partial charge in [0.05, 0.1) is 35.8 Å². The van der Waals surface area contributed by atoms with Crippen LogP contribution in [0.4, 0.5) is 13.2 Å². The molecule has 1 atom stereocenters. The summed E-state index contributed by atoms with van der Waals surface area (Å²) in [4.78, 5) is 20.1. The van der Waals surface area contributed by atoms with Crippen LogP contribution in [-0.2, 0) is 6.18 Å². The first-order valence-corrected chi connectivity index (χ1v) is 9.78. The van der Waals surface area contributed by atoms with Gasteiger partial charge in [-0.15, -0.1) is 0 Å². The fourth-order valence-electron chi connectivity index (χ4n) is 3.51. The summed E-state index contributed by atoms with van der Waals surface area (Å²) in [6.07, 6.45) is 0.396. The van der Waals surface area contributed by atoms with Gasteiger partial charge in [-0.25, -0.2) is 4.98 Å². The second-order valence-corrected chi connectivity index (χ2v) is 7.36. The largest absolute Gasteiger partial charge is 0.472 e. The zero-order chi connectivity index (χ0) is 22.0. The molecular formula is C21H20F3N5O2. The molecule has 0 spiro atoms. The lowest BCUT2D eigenvalue weighted by Gasteiger charge is -2.33. The summed E-state index contributed by atoms with van der Waals surface area (Å²) >= 11 is 0. The van der Waals surface area contributed by atoms with Crippen molar-refractivity contribution >= 4 is 5.91 Å². The van der Waals surface area contributed by atoms with Gasteiger partial charge >= 0.3 is 6.18 Å². The van der Waals surface area contributed by atoms with Crippen molar-refractivity contribution in [3.8, 4) is 11.6 Å². The molecule has 0 bridgehead atoms. The Labute approximate surface area is 176 Å². The van der Waals surface area contributed by atoms with Crippen LogP contribution in [-0.4, -0.2) is 50.0 Å². The number of hydrogen-bond acceptors (Lipinski definition) is 5. The molecule has 1 fully saturated rings. The minimum atomic E-state index is -4.45. The molecule has 0 unspecified atom stereocenters. The van der Waals surface area contributed by atoms with Crippen molar-refractivity contribution in [1.29, 1.82) is 0 Å². The number of likely N-dealkylation sites (tertiary alicyclic amines) is 1. The number of rotatable bonds is 4. The van der Waals surface area contributed by atoms with E-state index in [-0.39, 0.29) is 17.9 Å². The van der Waals surface area contributed by atoms with E-state index in [2.05, 4.69) is 15.2 Å². The molecule has 31 heavy (non-hydrogen) atoms. The predicted molar refractivity (Wildman–Crippen MR) is 105 cm³/mol. The van der Waals surface area contributed by atoms with Crippen molar-refractivity contribution in [2.75, 3.05) is 13.1 Å². The van der Waals surface area contributed by atoms with E-state index < -0.39 is 11.7 Å². The third-order valence-corrected chi connectivity index (χ3v) is 5.03.